The molecule has 4 heteroatoms. The molecule has 0 aliphatic carbocycles. The van der Waals surface area contributed by atoms with Crippen LogP contribution in [0.2, 0.25) is 0 Å². The number of ether oxygens (including phenoxy) is 1. The van der Waals surface area contributed by atoms with Crippen LogP contribution in [0.4, 0.5) is 5.69 Å². The van der Waals surface area contributed by atoms with Gasteiger partial charge in [0, 0.05) is 7.05 Å². The second kappa shape index (κ2) is 3.06. The van der Waals surface area contributed by atoms with Crippen LogP contribution >= 0.6 is 0 Å². The van der Waals surface area contributed by atoms with Crippen molar-refractivity contribution in [3.8, 4) is 5.75 Å². The molecule has 2 rings (SSSR count). The van der Waals surface area contributed by atoms with Gasteiger partial charge in [-0.2, -0.15) is 0 Å². The first-order chi connectivity index (χ1) is 6.70. The molecule has 1 aliphatic heterocycles. The van der Waals surface area contributed by atoms with Gasteiger partial charge in [-0.25, -0.2) is 0 Å². The molecule has 72 valence electrons. The smallest absolute Gasteiger partial charge is 0.277 e. The zero-order chi connectivity index (χ0) is 10.1. The van der Waals surface area contributed by atoms with Crippen LogP contribution < -0.4 is 15.4 Å². The van der Waals surface area contributed by atoms with Gasteiger partial charge in [0.25, 0.3) is 5.91 Å². The average molecular weight is 190 g/mol. The van der Waals surface area contributed by atoms with Crippen molar-refractivity contribution in [3.63, 3.8) is 0 Å². The van der Waals surface area contributed by atoms with Crippen molar-refractivity contribution in [1.82, 2.24) is 0 Å². The van der Waals surface area contributed by atoms with Crippen LogP contribution in [0.3, 0.4) is 0 Å². The van der Waals surface area contributed by atoms with E-state index in [2.05, 4.69) is 0 Å². The lowest BCUT2D eigenvalue weighted by atomic mass is 10.2. The first-order valence-corrected chi connectivity index (χ1v) is 4.19. The molecule has 0 spiro atoms. The Hall–Kier alpha value is -1.97. The molecule has 4 nitrogen and oxygen atoms in total. The molecule has 0 atom stereocenters. The fourth-order valence-corrected chi connectivity index (χ4v) is 1.31. The van der Waals surface area contributed by atoms with Crippen LogP contribution in [-0.4, -0.2) is 13.0 Å². The van der Waals surface area contributed by atoms with Gasteiger partial charge in [-0.15, -0.1) is 0 Å². The lowest BCUT2D eigenvalue weighted by molar-refractivity contribution is -0.114. The highest BCUT2D eigenvalue weighted by Gasteiger charge is 2.20. The summed E-state index contributed by atoms with van der Waals surface area (Å²) in [6.45, 7) is 0. The third kappa shape index (κ3) is 1.21. The molecule has 1 aliphatic rings. The maximum atomic E-state index is 11.6. The molecule has 1 heterocycles. The summed E-state index contributed by atoms with van der Waals surface area (Å²) in [5.74, 6) is 0.374. The maximum Gasteiger partial charge on any atom is 0.277 e. The quantitative estimate of drug-likeness (QED) is 0.659. The van der Waals surface area contributed by atoms with Crippen LogP contribution in [0.25, 0.3) is 0 Å². The van der Waals surface area contributed by atoms with Gasteiger partial charge in [0.15, 0.2) is 0 Å². The highest BCUT2D eigenvalue weighted by Crippen LogP contribution is 2.29. The van der Waals surface area contributed by atoms with Gasteiger partial charge in [-0.1, -0.05) is 12.1 Å². The van der Waals surface area contributed by atoms with Gasteiger partial charge in [-0.05, 0) is 12.1 Å². The summed E-state index contributed by atoms with van der Waals surface area (Å²) in [4.78, 5) is 13.0. The molecule has 1 amide bonds. The van der Waals surface area contributed by atoms with Crippen LogP contribution in [0.1, 0.15) is 0 Å². The Balaban J connectivity index is 2.53. The first-order valence-electron chi connectivity index (χ1n) is 4.19. The van der Waals surface area contributed by atoms with E-state index >= 15 is 0 Å². The van der Waals surface area contributed by atoms with Crippen molar-refractivity contribution >= 4 is 11.6 Å². The second-order valence-corrected chi connectivity index (χ2v) is 3.02. The van der Waals surface area contributed by atoms with E-state index in [-0.39, 0.29) is 11.6 Å². The molecule has 0 aromatic heterocycles. The number of likely N-dealkylation sites (N-methyl/N-ethyl adjacent to an activating group) is 1. The fraction of sp³-hybridized carbons (Fsp3) is 0.100. The molecule has 0 fully saturated rings. The lowest BCUT2D eigenvalue weighted by Gasteiger charge is -2.15. The van der Waals surface area contributed by atoms with E-state index in [0.717, 1.165) is 0 Å². The summed E-state index contributed by atoms with van der Waals surface area (Å²) in [7, 11) is 1.66. The van der Waals surface area contributed by atoms with E-state index in [1.54, 1.807) is 19.2 Å². The molecule has 0 bridgehead atoms. The number of fused-ring (bicyclic) bond motifs is 1. The first kappa shape index (κ1) is 8.62. The summed E-state index contributed by atoms with van der Waals surface area (Å²) in [5.41, 5.74) is 6.31. The number of hydrogen-bond donors (Lipinski definition) is 1. The van der Waals surface area contributed by atoms with Gasteiger partial charge in [0.2, 0.25) is 0 Å². The Labute approximate surface area is 81.6 Å². The van der Waals surface area contributed by atoms with E-state index < -0.39 is 0 Å². The Kier molecular flexibility index (Phi) is 1.89. The molecule has 14 heavy (non-hydrogen) atoms. The van der Waals surface area contributed by atoms with Crippen molar-refractivity contribution < 1.29 is 9.53 Å². The van der Waals surface area contributed by atoms with Crippen molar-refractivity contribution in [2.45, 2.75) is 0 Å². The van der Waals surface area contributed by atoms with Crippen molar-refractivity contribution in [2.24, 2.45) is 5.73 Å². The zero-order valence-corrected chi connectivity index (χ0v) is 7.73. The van der Waals surface area contributed by atoms with Crippen LogP contribution in [0.5, 0.6) is 5.75 Å². The van der Waals surface area contributed by atoms with Gasteiger partial charge in [0.05, 0.1) is 5.69 Å². The molecular weight excluding hydrogens is 180 g/mol. The highest BCUT2D eigenvalue weighted by atomic mass is 16.5. The predicted molar refractivity (Wildman–Crippen MR) is 52.8 cm³/mol. The highest BCUT2D eigenvalue weighted by molar-refractivity contribution is 6.05. The minimum Gasteiger partial charge on any atom is -0.460 e. The van der Waals surface area contributed by atoms with Crippen molar-refractivity contribution in [1.29, 1.82) is 0 Å². The summed E-state index contributed by atoms with van der Waals surface area (Å²) in [5, 5.41) is 0. The third-order valence-corrected chi connectivity index (χ3v) is 2.09. The number of para-hydroxylation sites is 2. The summed E-state index contributed by atoms with van der Waals surface area (Å²) >= 11 is 0. The summed E-state index contributed by atoms with van der Waals surface area (Å²) < 4.78 is 5.25. The molecule has 0 unspecified atom stereocenters. The Bertz CT molecular complexity index is 412. The number of nitrogens with zero attached hydrogens (tertiary/aromatic N) is 1. The van der Waals surface area contributed by atoms with Crippen LogP contribution in [0.15, 0.2) is 36.2 Å². The van der Waals surface area contributed by atoms with Crippen molar-refractivity contribution in [2.75, 3.05) is 11.9 Å². The largest absolute Gasteiger partial charge is 0.460 e. The Morgan fingerprint density at radius 1 is 1.36 bits per heavy atom. The number of amides is 1. The standard InChI is InChI=1S/C10H10N2O2/c1-12-8-4-2-3-5-9(8)14-6-7(11)10(12)13/h2-6H,11H2,1H3. The monoisotopic (exact) mass is 190 g/mol. The number of carbonyl (C=O) groups excluding carboxylic acids is 1. The Morgan fingerprint density at radius 2 is 2.07 bits per heavy atom. The average Bonchev–Trinajstić information content (AvgIpc) is 2.32. The molecular formula is C10H10N2O2. The van der Waals surface area contributed by atoms with Crippen LogP contribution in [-0.2, 0) is 4.79 Å². The van der Waals surface area contributed by atoms with Gasteiger partial charge in [-0.3, -0.25) is 4.79 Å². The Morgan fingerprint density at radius 3 is 2.86 bits per heavy atom. The minimum atomic E-state index is -0.255. The second-order valence-electron chi connectivity index (χ2n) is 3.02. The summed E-state index contributed by atoms with van der Waals surface area (Å²) in [6, 6.07) is 7.27. The van der Waals surface area contributed by atoms with E-state index in [1.807, 2.05) is 12.1 Å². The van der Waals surface area contributed by atoms with E-state index in [4.69, 9.17) is 10.5 Å². The normalized spacial score (nSPS) is 15.4. The molecule has 0 radical (unpaired) electrons. The van der Waals surface area contributed by atoms with Crippen molar-refractivity contribution in [3.05, 3.63) is 36.2 Å². The lowest BCUT2D eigenvalue weighted by Crippen LogP contribution is -2.29. The third-order valence-electron chi connectivity index (χ3n) is 2.09. The van der Waals surface area contributed by atoms with E-state index in [0.29, 0.717) is 11.4 Å². The van der Waals surface area contributed by atoms with Crippen LogP contribution in [0, 0.1) is 0 Å². The zero-order valence-electron chi connectivity index (χ0n) is 7.73. The summed E-state index contributed by atoms with van der Waals surface area (Å²) in [6.07, 6.45) is 1.27. The number of rotatable bonds is 0. The molecule has 1 aromatic carbocycles. The number of hydrogen-bond acceptors (Lipinski definition) is 3. The van der Waals surface area contributed by atoms with Gasteiger partial charge < -0.3 is 15.4 Å². The topological polar surface area (TPSA) is 55.6 Å². The predicted octanol–water partition coefficient (Wildman–Crippen LogP) is 0.842. The number of nitrogens with two attached hydrogens (primary N) is 1. The molecule has 0 saturated carbocycles. The van der Waals surface area contributed by atoms with Gasteiger partial charge in [0.1, 0.15) is 17.7 Å². The minimum absolute atomic E-state index is 0.101. The van der Waals surface area contributed by atoms with E-state index in [1.165, 1.54) is 11.2 Å². The van der Waals surface area contributed by atoms with E-state index in [9.17, 15) is 4.79 Å². The SMILES string of the molecule is CN1C(=O)C(N)=COc2ccccc21. The molecule has 2 N–H and O–H groups in total. The maximum absolute atomic E-state index is 11.6. The molecule has 1 aromatic rings. The molecule has 0 saturated heterocycles. The van der Waals surface area contributed by atoms with Gasteiger partial charge >= 0.3 is 0 Å². The number of benzene rings is 1. The fourth-order valence-electron chi connectivity index (χ4n) is 1.31. The number of anilines is 1. The number of carbonyl (C=O) groups is 1.